The first-order valence-electron chi connectivity index (χ1n) is 7.79. The van der Waals surface area contributed by atoms with Crippen LogP contribution in [0.15, 0.2) is 24.3 Å². The summed E-state index contributed by atoms with van der Waals surface area (Å²) in [4.78, 5) is 14.1. The first-order valence-corrected chi connectivity index (χ1v) is 7.79. The number of aryl methyl sites for hydroxylation is 1. The summed E-state index contributed by atoms with van der Waals surface area (Å²) in [6.07, 6.45) is 0. The number of ether oxygens (including phenoxy) is 1. The lowest BCUT2D eigenvalue weighted by Crippen LogP contribution is -2.29. The van der Waals surface area contributed by atoms with Gasteiger partial charge in [-0.25, -0.2) is 4.39 Å². The highest BCUT2D eigenvalue weighted by atomic mass is 19.1. The lowest BCUT2D eigenvalue weighted by atomic mass is 10.1. The predicted octanol–water partition coefficient (Wildman–Crippen LogP) is 3.37. The second-order valence-electron chi connectivity index (χ2n) is 6.84. The molecule has 0 aliphatic carbocycles. The summed E-state index contributed by atoms with van der Waals surface area (Å²) >= 11 is 0. The Bertz CT molecular complexity index is 747. The zero-order chi connectivity index (χ0) is 18.1. The molecule has 0 fully saturated rings. The van der Waals surface area contributed by atoms with Crippen LogP contribution in [0.25, 0.3) is 0 Å². The Morgan fingerprint density at radius 2 is 2.04 bits per heavy atom. The molecule has 24 heavy (non-hydrogen) atoms. The summed E-state index contributed by atoms with van der Waals surface area (Å²) in [6, 6.07) is 6.36. The van der Waals surface area contributed by atoms with Crippen LogP contribution in [0.4, 0.5) is 4.39 Å². The van der Waals surface area contributed by atoms with Gasteiger partial charge in [0.2, 0.25) is 0 Å². The fourth-order valence-corrected chi connectivity index (χ4v) is 2.65. The molecule has 1 aromatic heterocycles. The maximum Gasteiger partial charge on any atom is 0.274 e. The summed E-state index contributed by atoms with van der Waals surface area (Å²) in [5.74, 6) is -0.233. The summed E-state index contributed by atoms with van der Waals surface area (Å²) in [7, 11) is 3.11. The van der Waals surface area contributed by atoms with E-state index in [2.05, 4.69) is 5.10 Å². The zero-order valence-corrected chi connectivity index (χ0v) is 15.1. The molecule has 0 saturated carbocycles. The molecule has 130 valence electrons. The van der Waals surface area contributed by atoms with E-state index >= 15 is 0 Å². The summed E-state index contributed by atoms with van der Waals surface area (Å²) in [5, 5.41) is 4.41. The van der Waals surface area contributed by atoms with Crippen LogP contribution in [0, 0.1) is 12.7 Å². The van der Waals surface area contributed by atoms with Crippen molar-refractivity contribution in [2.45, 2.75) is 39.8 Å². The third kappa shape index (κ3) is 3.58. The first kappa shape index (κ1) is 18.0. The van der Waals surface area contributed by atoms with Gasteiger partial charge in [0.1, 0.15) is 11.6 Å². The second kappa shape index (κ2) is 6.63. The van der Waals surface area contributed by atoms with Crippen LogP contribution in [-0.4, -0.2) is 34.7 Å². The fourth-order valence-electron chi connectivity index (χ4n) is 2.65. The SMILES string of the molecule is COc1cccc(F)c1CN(C)C(=O)c1cc(C)n(C(C)(C)C)n1. The number of hydrogen-bond acceptors (Lipinski definition) is 3. The maximum absolute atomic E-state index is 14.1. The molecule has 2 rings (SSSR count). The number of amides is 1. The molecule has 0 bridgehead atoms. The molecule has 1 aromatic carbocycles. The maximum atomic E-state index is 14.1. The molecule has 0 aliphatic heterocycles. The number of hydrogen-bond donors (Lipinski definition) is 0. The van der Waals surface area contributed by atoms with Gasteiger partial charge in [-0.1, -0.05) is 6.07 Å². The molecule has 0 unspecified atom stereocenters. The molecule has 0 spiro atoms. The number of nitrogens with zero attached hydrogens (tertiary/aromatic N) is 3. The average Bonchev–Trinajstić information content (AvgIpc) is 2.90. The van der Waals surface area contributed by atoms with Gasteiger partial charge >= 0.3 is 0 Å². The van der Waals surface area contributed by atoms with E-state index < -0.39 is 5.82 Å². The third-order valence-corrected chi connectivity index (χ3v) is 3.78. The zero-order valence-electron chi connectivity index (χ0n) is 15.1. The number of benzene rings is 1. The molecule has 1 amide bonds. The number of carbonyl (C=O) groups excluding carboxylic acids is 1. The van der Waals surface area contributed by atoms with E-state index in [4.69, 9.17) is 4.74 Å². The number of rotatable bonds is 4. The fraction of sp³-hybridized carbons (Fsp3) is 0.444. The van der Waals surface area contributed by atoms with Gasteiger partial charge in [0.25, 0.3) is 5.91 Å². The third-order valence-electron chi connectivity index (χ3n) is 3.78. The van der Waals surface area contributed by atoms with Crippen molar-refractivity contribution >= 4 is 5.91 Å². The van der Waals surface area contributed by atoms with Gasteiger partial charge in [0.05, 0.1) is 19.2 Å². The van der Waals surface area contributed by atoms with Gasteiger partial charge in [0, 0.05) is 18.3 Å². The number of methoxy groups -OCH3 is 1. The number of aromatic nitrogens is 2. The van der Waals surface area contributed by atoms with Crippen molar-refractivity contribution < 1.29 is 13.9 Å². The minimum Gasteiger partial charge on any atom is -0.496 e. The number of carbonyl (C=O) groups is 1. The van der Waals surface area contributed by atoms with Gasteiger partial charge in [-0.3, -0.25) is 9.48 Å². The quantitative estimate of drug-likeness (QED) is 0.862. The highest BCUT2D eigenvalue weighted by Gasteiger charge is 2.23. The minimum atomic E-state index is -0.398. The highest BCUT2D eigenvalue weighted by Crippen LogP contribution is 2.23. The van der Waals surface area contributed by atoms with E-state index in [1.54, 1.807) is 25.2 Å². The topological polar surface area (TPSA) is 47.4 Å². The predicted molar refractivity (Wildman–Crippen MR) is 90.7 cm³/mol. The van der Waals surface area contributed by atoms with Gasteiger partial charge in [-0.05, 0) is 45.9 Å². The number of halogens is 1. The molecule has 0 radical (unpaired) electrons. The van der Waals surface area contributed by atoms with Gasteiger partial charge in [-0.15, -0.1) is 0 Å². The first-order chi connectivity index (χ1) is 11.1. The molecule has 0 saturated heterocycles. The Labute approximate surface area is 142 Å². The molecule has 1 heterocycles. The molecule has 0 atom stereocenters. The van der Waals surface area contributed by atoms with E-state index in [0.29, 0.717) is 17.0 Å². The van der Waals surface area contributed by atoms with Gasteiger partial charge in [0.15, 0.2) is 5.69 Å². The van der Waals surface area contributed by atoms with Crippen molar-refractivity contribution in [3.05, 3.63) is 47.0 Å². The Balaban J connectivity index is 2.25. The van der Waals surface area contributed by atoms with Gasteiger partial charge < -0.3 is 9.64 Å². The lowest BCUT2D eigenvalue weighted by molar-refractivity contribution is 0.0775. The highest BCUT2D eigenvalue weighted by molar-refractivity contribution is 5.92. The van der Waals surface area contributed by atoms with Crippen molar-refractivity contribution in [2.75, 3.05) is 14.2 Å². The van der Waals surface area contributed by atoms with Crippen molar-refractivity contribution in [2.24, 2.45) is 0 Å². The van der Waals surface area contributed by atoms with Crippen LogP contribution >= 0.6 is 0 Å². The van der Waals surface area contributed by atoms with E-state index in [9.17, 15) is 9.18 Å². The van der Waals surface area contributed by atoms with Crippen LogP contribution < -0.4 is 4.74 Å². The summed E-state index contributed by atoms with van der Waals surface area (Å²) < 4.78 is 21.1. The molecule has 2 aromatic rings. The van der Waals surface area contributed by atoms with E-state index in [0.717, 1.165) is 5.69 Å². The van der Waals surface area contributed by atoms with Crippen molar-refractivity contribution in [1.82, 2.24) is 14.7 Å². The van der Waals surface area contributed by atoms with Crippen molar-refractivity contribution in [3.8, 4) is 5.75 Å². The van der Waals surface area contributed by atoms with Crippen LogP contribution in [0.3, 0.4) is 0 Å². The normalized spacial score (nSPS) is 11.5. The van der Waals surface area contributed by atoms with Crippen LogP contribution in [0.1, 0.15) is 42.5 Å². The lowest BCUT2D eigenvalue weighted by Gasteiger charge is -2.21. The monoisotopic (exact) mass is 333 g/mol. The molecular weight excluding hydrogens is 309 g/mol. The van der Waals surface area contributed by atoms with E-state index in [1.807, 2.05) is 32.4 Å². The molecule has 0 aliphatic rings. The molecule has 5 nitrogen and oxygen atoms in total. The smallest absolute Gasteiger partial charge is 0.274 e. The Morgan fingerprint density at radius 1 is 1.38 bits per heavy atom. The Kier molecular flexibility index (Phi) is 4.96. The van der Waals surface area contributed by atoms with E-state index in [-0.39, 0.29) is 18.0 Å². The van der Waals surface area contributed by atoms with Crippen LogP contribution in [0.5, 0.6) is 5.75 Å². The Morgan fingerprint density at radius 3 is 2.58 bits per heavy atom. The largest absolute Gasteiger partial charge is 0.496 e. The van der Waals surface area contributed by atoms with E-state index in [1.165, 1.54) is 18.1 Å². The van der Waals surface area contributed by atoms with Crippen molar-refractivity contribution in [1.29, 1.82) is 0 Å². The van der Waals surface area contributed by atoms with Crippen molar-refractivity contribution in [3.63, 3.8) is 0 Å². The van der Waals surface area contributed by atoms with Crippen LogP contribution in [0.2, 0.25) is 0 Å². The summed E-state index contributed by atoms with van der Waals surface area (Å²) in [5.41, 5.74) is 1.39. The summed E-state index contributed by atoms with van der Waals surface area (Å²) in [6.45, 7) is 8.09. The molecule has 0 N–H and O–H groups in total. The minimum absolute atomic E-state index is 0.107. The second-order valence-corrected chi connectivity index (χ2v) is 6.84. The molecule has 6 heteroatoms. The standard InChI is InChI=1S/C18H24FN3O2/c1-12-10-15(20-22(12)18(2,3)4)17(23)21(5)11-13-14(19)8-7-9-16(13)24-6/h7-10H,11H2,1-6H3. The van der Waals surface area contributed by atoms with Gasteiger partial charge in [-0.2, -0.15) is 5.10 Å². The molecular formula is C18H24FN3O2. The average molecular weight is 333 g/mol. The van der Waals surface area contributed by atoms with Crippen LogP contribution in [-0.2, 0) is 12.1 Å². The Hall–Kier alpha value is -2.37.